The number of nitrogens with zero attached hydrogens (tertiary/aromatic N) is 1. The van der Waals surface area contributed by atoms with E-state index >= 15 is 0 Å². The van der Waals surface area contributed by atoms with Crippen LogP contribution in [0.1, 0.15) is 30.1 Å². The molecule has 0 spiro atoms. The van der Waals surface area contributed by atoms with Gasteiger partial charge in [0.1, 0.15) is 11.9 Å². The molecule has 0 radical (unpaired) electrons. The van der Waals surface area contributed by atoms with Crippen molar-refractivity contribution in [2.24, 2.45) is 0 Å². The topological polar surface area (TPSA) is 50.1 Å². The van der Waals surface area contributed by atoms with Crippen LogP contribution in [0.2, 0.25) is 0 Å². The molecule has 0 saturated heterocycles. The van der Waals surface area contributed by atoms with Crippen LogP contribution in [0.15, 0.2) is 24.3 Å². The third kappa shape index (κ3) is 3.35. The largest absolute Gasteiger partial charge is 0.458 e. The number of halogens is 1. The van der Waals surface area contributed by atoms with Crippen LogP contribution < -0.4 is 0 Å². The highest BCUT2D eigenvalue weighted by molar-refractivity contribution is 5.89. The van der Waals surface area contributed by atoms with Crippen molar-refractivity contribution >= 4 is 5.97 Å². The molecule has 0 aliphatic rings. The molecular formula is C12H12FNO2. The Balaban J connectivity index is 2.65. The van der Waals surface area contributed by atoms with Crippen LogP contribution in [0.25, 0.3) is 0 Å². The number of carbonyl (C=O) groups excluding carboxylic acids is 1. The van der Waals surface area contributed by atoms with Crippen molar-refractivity contribution in [2.45, 2.75) is 25.9 Å². The molecule has 1 aromatic carbocycles. The fourth-order valence-electron chi connectivity index (χ4n) is 1.18. The van der Waals surface area contributed by atoms with Crippen LogP contribution in [0.5, 0.6) is 0 Å². The smallest absolute Gasteiger partial charge is 0.338 e. The van der Waals surface area contributed by atoms with Gasteiger partial charge in [0.15, 0.2) is 0 Å². The van der Waals surface area contributed by atoms with E-state index in [-0.39, 0.29) is 12.0 Å². The SMILES string of the molecule is CC[C@H](CC#N)OC(=O)c1ccc(F)cc1. The van der Waals surface area contributed by atoms with Crippen molar-refractivity contribution < 1.29 is 13.9 Å². The molecule has 3 nitrogen and oxygen atoms in total. The molecule has 0 N–H and O–H groups in total. The van der Waals surface area contributed by atoms with Crippen LogP contribution in [0, 0.1) is 17.1 Å². The lowest BCUT2D eigenvalue weighted by molar-refractivity contribution is 0.0303. The number of benzene rings is 1. The summed E-state index contributed by atoms with van der Waals surface area (Å²) in [6.07, 6.45) is 0.353. The summed E-state index contributed by atoms with van der Waals surface area (Å²) in [4.78, 5) is 11.5. The minimum atomic E-state index is -0.526. The van der Waals surface area contributed by atoms with Crippen LogP contribution in [0.3, 0.4) is 0 Å². The molecule has 0 saturated carbocycles. The lowest BCUT2D eigenvalue weighted by Crippen LogP contribution is -2.17. The molecule has 0 heterocycles. The lowest BCUT2D eigenvalue weighted by Gasteiger charge is -2.12. The summed E-state index contributed by atoms with van der Waals surface area (Å²) in [5.74, 6) is -0.928. The second-order valence-electron chi connectivity index (χ2n) is 3.30. The van der Waals surface area contributed by atoms with E-state index in [1.807, 2.05) is 13.0 Å². The molecule has 1 rings (SSSR count). The molecule has 0 aromatic heterocycles. The number of nitriles is 1. The minimum absolute atomic E-state index is 0.170. The van der Waals surface area contributed by atoms with Gasteiger partial charge in [0.25, 0.3) is 0 Å². The summed E-state index contributed by atoms with van der Waals surface area (Å²) in [6, 6.07) is 7.06. The first-order chi connectivity index (χ1) is 7.67. The van der Waals surface area contributed by atoms with Crippen LogP contribution in [0.4, 0.5) is 4.39 Å². The summed E-state index contributed by atoms with van der Waals surface area (Å²) in [5.41, 5.74) is 0.290. The highest BCUT2D eigenvalue weighted by atomic mass is 19.1. The minimum Gasteiger partial charge on any atom is -0.458 e. The fourth-order valence-corrected chi connectivity index (χ4v) is 1.18. The molecule has 1 atom stereocenters. The molecule has 0 fully saturated rings. The van der Waals surface area contributed by atoms with Crippen molar-refractivity contribution in [2.75, 3.05) is 0 Å². The molecule has 16 heavy (non-hydrogen) atoms. The van der Waals surface area contributed by atoms with Gasteiger partial charge in [0, 0.05) is 0 Å². The first-order valence-corrected chi connectivity index (χ1v) is 5.01. The number of hydrogen-bond acceptors (Lipinski definition) is 3. The number of esters is 1. The maximum absolute atomic E-state index is 12.6. The summed E-state index contributed by atoms with van der Waals surface area (Å²) < 4.78 is 17.7. The number of ether oxygens (including phenoxy) is 1. The quantitative estimate of drug-likeness (QED) is 0.734. The number of rotatable bonds is 4. The van der Waals surface area contributed by atoms with Gasteiger partial charge in [0.2, 0.25) is 0 Å². The second-order valence-corrected chi connectivity index (χ2v) is 3.30. The zero-order chi connectivity index (χ0) is 12.0. The Labute approximate surface area is 93.5 Å². The molecule has 0 unspecified atom stereocenters. The van der Waals surface area contributed by atoms with Crippen LogP contribution in [-0.2, 0) is 4.74 Å². The Kier molecular flexibility index (Phi) is 4.46. The molecule has 4 heteroatoms. The van der Waals surface area contributed by atoms with E-state index in [9.17, 15) is 9.18 Å². The monoisotopic (exact) mass is 221 g/mol. The van der Waals surface area contributed by atoms with Crippen molar-refractivity contribution in [1.29, 1.82) is 5.26 Å². The highest BCUT2D eigenvalue weighted by Gasteiger charge is 2.13. The van der Waals surface area contributed by atoms with Gasteiger partial charge in [-0.05, 0) is 30.7 Å². The second kappa shape index (κ2) is 5.86. The molecule has 0 aliphatic heterocycles. The lowest BCUT2D eigenvalue weighted by atomic mass is 10.2. The maximum Gasteiger partial charge on any atom is 0.338 e. The zero-order valence-corrected chi connectivity index (χ0v) is 8.94. The normalized spacial score (nSPS) is 11.6. The van der Waals surface area contributed by atoms with E-state index < -0.39 is 17.9 Å². The van der Waals surface area contributed by atoms with Crippen molar-refractivity contribution in [3.05, 3.63) is 35.6 Å². The standard InChI is InChI=1S/C12H12FNO2/c1-2-11(7-8-14)16-12(15)9-3-5-10(13)6-4-9/h3-6,11H,2,7H2,1H3/t11-/m1/s1. The predicted octanol–water partition coefficient (Wildman–Crippen LogP) is 2.67. The highest BCUT2D eigenvalue weighted by Crippen LogP contribution is 2.09. The molecule has 0 aliphatic carbocycles. The molecule has 84 valence electrons. The van der Waals surface area contributed by atoms with E-state index in [0.717, 1.165) is 0 Å². The third-order valence-corrected chi connectivity index (χ3v) is 2.13. The van der Waals surface area contributed by atoms with Crippen LogP contribution in [-0.4, -0.2) is 12.1 Å². The van der Waals surface area contributed by atoms with Gasteiger partial charge in [0.05, 0.1) is 18.1 Å². The average molecular weight is 221 g/mol. The van der Waals surface area contributed by atoms with Gasteiger partial charge < -0.3 is 4.74 Å². The Morgan fingerprint density at radius 3 is 2.62 bits per heavy atom. The number of carbonyl (C=O) groups is 1. The number of hydrogen-bond donors (Lipinski definition) is 0. The predicted molar refractivity (Wildman–Crippen MR) is 56.1 cm³/mol. The van der Waals surface area contributed by atoms with Crippen LogP contribution >= 0.6 is 0 Å². The van der Waals surface area contributed by atoms with E-state index in [1.165, 1.54) is 24.3 Å². The third-order valence-electron chi connectivity index (χ3n) is 2.13. The molecule has 0 bridgehead atoms. The van der Waals surface area contributed by atoms with Crippen molar-refractivity contribution in [3.8, 4) is 6.07 Å². The summed E-state index contributed by atoms with van der Waals surface area (Å²) in [6.45, 7) is 1.83. The van der Waals surface area contributed by atoms with Gasteiger partial charge in [-0.2, -0.15) is 5.26 Å². The van der Waals surface area contributed by atoms with Gasteiger partial charge in [-0.15, -0.1) is 0 Å². The van der Waals surface area contributed by atoms with Gasteiger partial charge >= 0.3 is 5.97 Å². The summed E-state index contributed by atoms with van der Waals surface area (Å²) >= 11 is 0. The zero-order valence-electron chi connectivity index (χ0n) is 8.94. The first kappa shape index (κ1) is 12.2. The molecular weight excluding hydrogens is 209 g/mol. The summed E-state index contributed by atoms with van der Waals surface area (Å²) in [5, 5.41) is 8.50. The van der Waals surface area contributed by atoms with Gasteiger partial charge in [-0.1, -0.05) is 6.92 Å². The fraction of sp³-hybridized carbons (Fsp3) is 0.333. The maximum atomic E-state index is 12.6. The van der Waals surface area contributed by atoms with E-state index in [2.05, 4.69) is 0 Å². The summed E-state index contributed by atoms with van der Waals surface area (Å²) in [7, 11) is 0. The Morgan fingerprint density at radius 2 is 2.12 bits per heavy atom. The average Bonchev–Trinajstić information content (AvgIpc) is 2.29. The first-order valence-electron chi connectivity index (χ1n) is 5.01. The molecule has 0 amide bonds. The Hall–Kier alpha value is -1.89. The van der Waals surface area contributed by atoms with Gasteiger partial charge in [-0.3, -0.25) is 0 Å². The van der Waals surface area contributed by atoms with Crippen molar-refractivity contribution in [1.82, 2.24) is 0 Å². The van der Waals surface area contributed by atoms with Crippen molar-refractivity contribution in [3.63, 3.8) is 0 Å². The van der Waals surface area contributed by atoms with E-state index in [1.54, 1.807) is 0 Å². The van der Waals surface area contributed by atoms with E-state index in [4.69, 9.17) is 10.00 Å². The van der Waals surface area contributed by atoms with Gasteiger partial charge in [-0.25, -0.2) is 9.18 Å². The molecule has 1 aromatic rings. The van der Waals surface area contributed by atoms with E-state index in [0.29, 0.717) is 6.42 Å². The Bertz CT molecular complexity index is 394. The Morgan fingerprint density at radius 1 is 1.50 bits per heavy atom.